The van der Waals surface area contributed by atoms with Crippen LogP contribution in [0, 0.1) is 20.8 Å². The number of anilines is 1. The number of halogens is 1. The first-order valence-electron chi connectivity index (χ1n) is 10.5. The molecule has 3 rings (SSSR count). The third kappa shape index (κ3) is 6.49. The van der Waals surface area contributed by atoms with E-state index in [9.17, 15) is 13.2 Å². The van der Waals surface area contributed by atoms with E-state index in [-0.39, 0.29) is 24.6 Å². The van der Waals surface area contributed by atoms with Crippen LogP contribution in [-0.2, 0) is 14.8 Å². The van der Waals surface area contributed by atoms with Crippen molar-refractivity contribution in [1.29, 1.82) is 0 Å². The van der Waals surface area contributed by atoms with E-state index in [1.54, 1.807) is 54.6 Å². The molecule has 3 aromatic carbocycles. The molecule has 33 heavy (non-hydrogen) atoms. The molecule has 1 N–H and O–H groups in total. The number of nitrogens with zero attached hydrogens (tertiary/aromatic N) is 1. The van der Waals surface area contributed by atoms with Crippen molar-refractivity contribution < 1.29 is 17.9 Å². The molecule has 0 aliphatic heterocycles. The average molecular weight is 487 g/mol. The molecule has 0 aliphatic carbocycles. The molecule has 8 heteroatoms. The highest BCUT2D eigenvalue weighted by molar-refractivity contribution is 7.92. The van der Waals surface area contributed by atoms with Gasteiger partial charge in [-0.15, -0.1) is 0 Å². The van der Waals surface area contributed by atoms with Gasteiger partial charge in [-0.25, -0.2) is 8.42 Å². The molecule has 1 amide bonds. The summed E-state index contributed by atoms with van der Waals surface area (Å²) < 4.78 is 33.7. The summed E-state index contributed by atoms with van der Waals surface area (Å²) in [6, 6.07) is 18.9. The quantitative estimate of drug-likeness (QED) is 0.446. The van der Waals surface area contributed by atoms with E-state index in [1.165, 1.54) is 0 Å². The van der Waals surface area contributed by atoms with Crippen molar-refractivity contribution in [2.45, 2.75) is 25.7 Å². The van der Waals surface area contributed by atoms with Crippen LogP contribution < -0.4 is 14.4 Å². The Kier molecular flexibility index (Phi) is 8.00. The summed E-state index contributed by atoms with van der Waals surface area (Å²) in [5.74, 6) is 0.206. The molecule has 6 nitrogen and oxygen atoms in total. The fourth-order valence-corrected chi connectivity index (χ4v) is 4.91. The number of carbonyl (C=O) groups is 1. The van der Waals surface area contributed by atoms with Crippen LogP contribution in [-0.4, -0.2) is 34.0 Å². The molecule has 0 saturated heterocycles. The first-order valence-corrected chi connectivity index (χ1v) is 12.3. The molecular weight excluding hydrogens is 460 g/mol. The molecular formula is C25H27ClN2O4S. The lowest BCUT2D eigenvalue weighted by atomic mass is 10.1. The second-order valence-electron chi connectivity index (χ2n) is 7.77. The van der Waals surface area contributed by atoms with E-state index in [2.05, 4.69) is 5.32 Å². The van der Waals surface area contributed by atoms with Crippen molar-refractivity contribution in [2.24, 2.45) is 0 Å². The molecule has 0 atom stereocenters. The van der Waals surface area contributed by atoms with Crippen molar-refractivity contribution in [2.75, 3.05) is 24.0 Å². The standard InChI is InChI=1S/C25H27ClN2O4S/c1-18-4-11-23(12-5-18)33(30,31)28(24-13-6-19(2)16-20(24)3)17-25(29)27-14-15-32-22-9-7-21(26)8-10-22/h4-13,16H,14-15,17H2,1-3H3,(H,27,29). The minimum atomic E-state index is -3.95. The van der Waals surface area contributed by atoms with Gasteiger partial charge in [0.15, 0.2) is 0 Å². The van der Waals surface area contributed by atoms with Crippen LogP contribution in [0.2, 0.25) is 5.02 Å². The molecule has 0 fully saturated rings. The summed E-state index contributed by atoms with van der Waals surface area (Å²) in [5.41, 5.74) is 3.19. The number of carbonyl (C=O) groups excluding carboxylic acids is 1. The van der Waals surface area contributed by atoms with Gasteiger partial charge in [0.1, 0.15) is 18.9 Å². The van der Waals surface area contributed by atoms with Crippen molar-refractivity contribution in [1.82, 2.24) is 5.32 Å². The molecule has 0 aromatic heterocycles. The lowest BCUT2D eigenvalue weighted by Gasteiger charge is -2.26. The highest BCUT2D eigenvalue weighted by Crippen LogP contribution is 2.27. The van der Waals surface area contributed by atoms with Crippen LogP contribution in [0.1, 0.15) is 16.7 Å². The summed E-state index contributed by atoms with van der Waals surface area (Å²) in [4.78, 5) is 12.8. The van der Waals surface area contributed by atoms with Gasteiger partial charge in [-0.05, 0) is 68.8 Å². The van der Waals surface area contributed by atoms with Gasteiger partial charge < -0.3 is 10.1 Å². The molecule has 3 aromatic rings. The summed E-state index contributed by atoms with van der Waals surface area (Å²) in [7, 11) is -3.95. The number of rotatable bonds is 9. The lowest BCUT2D eigenvalue weighted by molar-refractivity contribution is -0.119. The number of sulfonamides is 1. The molecule has 0 heterocycles. The third-order valence-corrected chi connectivity index (χ3v) is 7.05. The van der Waals surface area contributed by atoms with Crippen molar-refractivity contribution in [3.8, 4) is 5.75 Å². The summed E-state index contributed by atoms with van der Waals surface area (Å²) in [6.45, 7) is 5.77. The summed E-state index contributed by atoms with van der Waals surface area (Å²) in [6.07, 6.45) is 0. The lowest BCUT2D eigenvalue weighted by Crippen LogP contribution is -2.42. The minimum absolute atomic E-state index is 0.131. The Morgan fingerprint density at radius 1 is 0.939 bits per heavy atom. The predicted octanol–water partition coefficient (Wildman–Crippen LogP) is 4.66. The van der Waals surface area contributed by atoms with E-state index in [4.69, 9.17) is 16.3 Å². The predicted molar refractivity (Wildman–Crippen MR) is 132 cm³/mol. The fourth-order valence-electron chi connectivity index (χ4n) is 3.30. The minimum Gasteiger partial charge on any atom is -0.492 e. The summed E-state index contributed by atoms with van der Waals surface area (Å²) in [5, 5.41) is 3.34. The Bertz CT molecular complexity index is 1210. The smallest absolute Gasteiger partial charge is 0.264 e. The maximum absolute atomic E-state index is 13.5. The first-order chi connectivity index (χ1) is 15.7. The van der Waals surface area contributed by atoms with Crippen molar-refractivity contribution in [3.05, 3.63) is 88.4 Å². The molecule has 0 saturated carbocycles. The number of benzene rings is 3. The van der Waals surface area contributed by atoms with Crippen LogP contribution in [0.5, 0.6) is 5.75 Å². The van der Waals surface area contributed by atoms with Gasteiger partial charge in [0.05, 0.1) is 17.1 Å². The molecule has 0 radical (unpaired) electrons. The van der Waals surface area contributed by atoms with Crippen molar-refractivity contribution in [3.63, 3.8) is 0 Å². The van der Waals surface area contributed by atoms with E-state index in [0.29, 0.717) is 16.5 Å². The van der Waals surface area contributed by atoms with Crippen molar-refractivity contribution >= 4 is 33.2 Å². The Morgan fingerprint density at radius 2 is 1.58 bits per heavy atom. The van der Waals surface area contributed by atoms with E-state index in [0.717, 1.165) is 21.0 Å². The average Bonchev–Trinajstić information content (AvgIpc) is 2.77. The van der Waals surface area contributed by atoms with Gasteiger partial charge in [-0.1, -0.05) is 47.0 Å². The zero-order valence-electron chi connectivity index (χ0n) is 18.8. The highest BCUT2D eigenvalue weighted by Gasteiger charge is 2.28. The van der Waals surface area contributed by atoms with E-state index >= 15 is 0 Å². The topological polar surface area (TPSA) is 75.7 Å². The second-order valence-corrected chi connectivity index (χ2v) is 10.1. The van der Waals surface area contributed by atoms with Gasteiger partial charge in [0.2, 0.25) is 5.91 Å². The van der Waals surface area contributed by atoms with E-state index in [1.807, 2.05) is 32.9 Å². The first kappa shape index (κ1) is 24.6. The number of aryl methyl sites for hydroxylation is 3. The Balaban J connectivity index is 1.74. The Hall–Kier alpha value is -3.03. The van der Waals surface area contributed by atoms with E-state index < -0.39 is 15.9 Å². The van der Waals surface area contributed by atoms with Gasteiger partial charge in [-0.3, -0.25) is 9.10 Å². The number of hydrogen-bond acceptors (Lipinski definition) is 4. The Morgan fingerprint density at radius 3 is 2.21 bits per heavy atom. The molecule has 174 valence electrons. The van der Waals surface area contributed by atoms with Crippen LogP contribution in [0.25, 0.3) is 0 Å². The third-order valence-electron chi connectivity index (χ3n) is 5.02. The normalized spacial score (nSPS) is 11.2. The maximum Gasteiger partial charge on any atom is 0.264 e. The number of ether oxygens (including phenoxy) is 1. The van der Waals surface area contributed by atoms with Gasteiger partial charge in [0, 0.05) is 5.02 Å². The zero-order valence-corrected chi connectivity index (χ0v) is 20.4. The van der Waals surface area contributed by atoms with Crippen LogP contribution >= 0.6 is 11.6 Å². The largest absolute Gasteiger partial charge is 0.492 e. The number of nitrogens with one attached hydrogen (secondary N) is 1. The molecule has 0 spiro atoms. The SMILES string of the molecule is Cc1ccc(S(=O)(=O)N(CC(=O)NCCOc2ccc(Cl)cc2)c2ccc(C)cc2C)cc1. The van der Waals surface area contributed by atoms with Gasteiger partial charge >= 0.3 is 0 Å². The van der Waals surface area contributed by atoms with Gasteiger partial charge in [0.25, 0.3) is 10.0 Å². The number of amides is 1. The molecule has 0 aliphatic rings. The second kappa shape index (κ2) is 10.7. The number of hydrogen-bond donors (Lipinski definition) is 1. The van der Waals surface area contributed by atoms with Crippen LogP contribution in [0.3, 0.4) is 0 Å². The zero-order chi connectivity index (χ0) is 24.0. The van der Waals surface area contributed by atoms with Crippen LogP contribution in [0.4, 0.5) is 5.69 Å². The fraction of sp³-hybridized carbons (Fsp3) is 0.240. The maximum atomic E-state index is 13.5. The summed E-state index contributed by atoms with van der Waals surface area (Å²) >= 11 is 5.86. The Labute approximate surface area is 200 Å². The van der Waals surface area contributed by atoms with Gasteiger partial charge in [-0.2, -0.15) is 0 Å². The molecule has 0 unspecified atom stereocenters. The molecule has 0 bridgehead atoms. The monoisotopic (exact) mass is 486 g/mol. The highest BCUT2D eigenvalue weighted by atomic mass is 35.5. The van der Waals surface area contributed by atoms with Crippen LogP contribution in [0.15, 0.2) is 71.6 Å².